The van der Waals surface area contributed by atoms with Gasteiger partial charge in [0, 0.05) is 7.05 Å². The maximum absolute atomic E-state index is 10.8. The van der Waals surface area contributed by atoms with Crippen molar-refractivity contribution in [1.82, 2.24) is 5.32 Å². The predicted molar refractivity (Wildman–Crippen MR) is 44.4 cm³/mol. The first-order valence-electron chi connectivity index (χ1n) is 3.92. The lowest BCUT2D eigenvalue weighted by Crippen LogP contribution is -2.25. The Morgan fingerprint density at radius 2 is 2.00 bits per heavy atom. The molecule has 0 radical (unpaired) electrons. The van der Waals surface area contributed by atoms with Crippen LogP contribution in [0, 0.1) is 0 Å². The molecule has 11 heavy (non-hydrogen) atoms. The normalized spacial score (nSPS) is 13.2. The first-order chi connectivity index (χ1) is 5.06. The van der Waals surface area contributed by atoms with Gasteiger partial charge in [-0.25, -0.2) is 0 Å². The molecule has 0 saturated heterocycles. The van der Waals surface area contributed by atoms with Crippen LogP contribution >= 0.6 is 0 Å². The number of nitrogens with one attached hydrogen (secondary N) is 1. The molecule has 0 aromatic heterocycles. The fourth-order valence-electron chi connectivity index (χ4n) is 0.876. The quantitative estimate of drug-likeness (QED) is 0.663. The van der Waals surface area contributed by atoms with E-state index in [2.05, 4.69) is 5.32 Å². The van der Waals surface area contributed by atoms with Crippen LogP contribution in [0.1, 0.15) is 27.2 Å². The van der Waals surface area contributed by atoms with Crippen molar-refractivity contribution in [3.63, 3.8) is 0 Å². The molecule has 66 valence electrons. The van der Waals surface area contributed by atoms with Crippen LogP contribution in [0.3, 0.4) is 0 Å². The molecule has 0 aliphatic heterocycles. The Morgan fingerprint density at radius 3 is 2.36 bits per heavy atom. The van der Waals surface area contributed by atoms with Gasteiger partial charge >= 0.3 is 0 Å². The first kappa shape index (κ1) is 10.4. The van der Waals surface area contributed by atoms with E-state index in [1.54, 1.807) is 7.05 Å². The van der Waals surface area contributed by atoms with E-state index in [1.165, 1.54) is 0 Å². The van der Waals surface area contributed by atoms with Crippen molar-refractivity contribution in [1.29, 1.82) is 0 Å². The van der Waals surface area contributed by atoms with Crippen LogP contribution in [0.2, 0.25) is 0 Å². The second kappa shape index (κ2) is 5.13. The monoisotopic (exact) mass is 159 g/mol. The summed E-state index contributed by atoms with van der Waals surface area (Å²) in [6.45, 7) is 5.82. The molecule has 1 N–H and O–H groups in total. The topological polar surface area (TPSA) is 38.3 Å². The number of carbonyl (C=O) groups is 1. The molecule has 0 bridgehead atoms. The third-order valence-electron chi connectivity index (χ3n) is 1.26. The average molecular weight is 159 g/mol. The Hall–Kier alpha value is -0.570. The van der Waals surface area contributed by atoms with Gasteiger partial charge in [0.15, 0.2) is 0 Å². The van der Waals surface area contributed by atoms with Gasteiger partial charge in [-0.15, -0.1) is 0 Å². The Kier molecular flexibility index (Phi) is 4.86. The number of hydrogen-bond acceptors (Lipinski definition) is 2. The first-order valence-corrected chi connectivity index (χ1v) is 3.92. The summed E-state index contributed by atoms with van der Waals surface area (Å²) >= 11 is 0. The predicted octanol–water partition coefficient (Wildman–Crippen LogP) is 0.936. The summed E-state index contributed by atoms with van der Waals surface area (Å²) in [5.74, 6) is 0.0261. The molecule has 1 unspecified atom stereocenters. The number of ether oxygens (including phenoxy) is 1. The van der Waals surface area contributed by atoms with Gasteiger partial charge in [0.1, 0.15) is 0 Å². The van der Waals surface area contributed by atoms with Gasteiger partial charge in [-0.3, -0.25) is 4.79 Å². The van der Waals surface area contributed by atoms with Crippen LogP contribution < -0.4 is 5.32 Å². The summed E-state index contributed by atoms with van der Waals surface area (Å²) in [5.41, 5.74) is 0. The summed E-state index contributed by atoms with van der Waals surface area (Å²) in [6.07, 6.45) is 0.638. The second-order valence-corrected chi connectivity index (χ2v) is 2.87. The highest BCUT2D eigenvalue weighted by atomic mass is 16.5. The largest absolute Gasteiger partial charge is 0.375 e. The third kappa shape index (κ3) is 5.85. The van der Waals surface area contributed by atoms with Gasteiger partial charge in [0.25, 0.3) is 0 Å². The Morgan fingerprint density at radius 1 is 1.45 bits per heavy atom. The number of amides is 1. The highest BCUT2D eigenvalue weighted by Crippen LogP contribution is 2.00. The molecule has 3 heteroatoms. The molecular formula is C8H17NO2. The molecular weight excluding hydrogens is 142 g/mol. The van der Waals surface area contributed by atoms with Gasteiger partial charge in [0.2, 0.25) is 5.91 Å². The molecule has 0 heterocycles. The maximum atomic E-state index is 10.8. The van der Waals surface area contributed by atoms with Crippen molar-refractivity contribution in [2.45, 2.75) is 39.4 Å². The standard InChI is InChI=1S/C8H17NO2/c1-6(2)11-7(3)5-8(10)9-4/h6-7H,5H2,1-4H3,(H,9,10). The molecule has 0 aromatic rings. The second-order valence-electron chi connectivity index (χ2n) is 2.87. The smallest absolute Gasteiger partial charge is 0.222 e. The van der Waals surface area contributed by atoms with E-state index < -0.39 is 0 Å². The van der Waals surface area contributed by atoms with Crippen molar-refractivity contribution in [3.05, 3.63) is 0 Å². The Labute approximate surface area is 68.1 Å². The summed E-state index contributed by atoms with van der Waals surface area (Å²) in [6, 6.07) is 0. The Bertz CT molecular complexity index is 123. The van der Waals surface area contributed by atoms with E-state index in [-0.39, 0.29) is 18.1 Å². The molecule has 0 aromatic carbocycles. The van der Waals surface area contributed by atoms with E-state index in [4.69, 9.17) is 4.74 Å². The van der Waals surface area contributed by atoms with Crippen LogP contribution in [0.15, 0.2) is 0 Å². The van der Waals surface area contributed by atoms with Crippen molar-refractivity contribution >= 4 is 5.91 Å². The zero-order valence-electron chi connectivity index (χ0n) is 7.68. The van der Waals surface area contributed by atoms with Gasteiger partial charge < -0.3 is 10.1 Å². The molecule has 3 nitrogen and oxygen atoms in total. The van der Waals surface area contributed by atoms with Crippen LogP contribution in [0.25, 0.3) is 0 Å². The maximum Gasteiger partial charge on any atom is 0.222 e. The van der Waals surface area contributed by atoms with Crippen molar-refractivity contribution in [2.24, 2.45) is 0 Å². The minimum atomic E-state index is 0.00921. The lowest BCUT2D eigenvalue weighted by Gasteiger charge is -2.14. The molecule has 0 saturated carbocycles. The third-order valence-corrected chi connectivity index (χ3v) is 1.26. The minimum Gasteiger partial charge on any atom is -0.375 e. The van der Waals surface area contributed by atoms with Gasteiger partial charge in [-0.1, -0.05) is 0 Å². The van der Waals surface area contributed by atoms with Crippen LogP contribution in [0.5, 0.6) is 0 Å². The number of carbonyl (C=O) groups excluding carboxylic acids is 1. The highest BCUT2D eigenvalue weighted by Gasteiger charge is 2.08. The van der Waals surface area contributed by atoms with Gasteiger partial charge in [0.05, 0.1) is 18.6 Å². The fourth-order valence-corrected chi connectivity index (χ4v) is 0.876. The summed E-state index contributed by atoms with van der Waals surface area (Å²) in [7, 11) is 1.63. The van der Waals surface area contributed by atoms with E-state index in [0.29, 0.717) is 6.42 Å². The molecule has 0 fully saturated rings. The van der Waals surface area contributed by atoms with E-state index in [9.17, 15) is 4.79 Å². The highest BCUT2D eigenvalue weighted by molar-refractivity contribution is 5.75. The van der Waals surface area contributed by atoms with E-state index in [1.807, 2.05) is 20.8 Å². The van der Waals surface area contributed by atoms with Crippen molar-refractivity contribution < 1.29 is 9.53 Å². The average Bonchev–Trinajstić information content (AvgIpc) is 1.85. The van der Waals surface area contributed by atoms with E-state index in [0.717, 1.165) is 0 Å². The molecule has 0 rings (SSSR count). The van der Waals surface area contributed by atoms with E-state index >= 15 is 0 Å². The summed E-state index contributed by atoms with van der Waals surface area (Å²) in [4.78, 5) is 10.8. The SMILES string of the molecule is CNC(=O)CC(C)OC(C)C. The lowest BCUT2D eigenvalue weighted by atomic mass is 10.2. The van der Waals surface area contributed by atoms with Crippen molar-refractivity contribution in [3.8, 4) is 0 Å². The summed E-state index contributed by atoms with van der Waals surface area (Å²) in [5, 5.41) is 2.55. The zero-order chi connectivity index (χ0) is 8.85. The Balaban J connectivity index is 3.51. The van der Waals surface area contributed by atoms with Crippen molar-refractivity contribution in [2.75, 3.05) is 7.05 Å². The van der Waals surface area contributed by atoms with Crippen LogP contribution in [0.4, 0.5) is 0 Å². The molecule has 1 amide bonds. The molecule has 0 aliphatic carbocycles. The van der Waals surface area contributed by atoms with Crippen LogP contribution in [-0.2, 0) is 9.53 Å². The lowest BCUT2D eigenvalue weighted by molar-refractivity contribution is -0.123. The van der Waals surface area contributed by atoms with Gasteiger partial charge in [-0.05, 0) is 20.8 Å². The molecule has 1 atom stereocenters. The number of rotatable bonds is 4. The fraction of sp³-hybridized carbons (Fsp3) is 0.875. The molecule has 0 spiro atoms. The van der Waals surface area contributed by atoms with Gasteiger partial charge in [-0.2, -0.15) is 0 Å². The zero-order valence-corrected chi connectivity index (χ0v) is 7.68. The molecule has 0 aliphatic rings. The number of hydrogen-bond donors (Lipinski definition) is 1. The minimum absolute atomic E-state index is 0.00921. The van der Waals surface area contributed by atoms with Crippen LogP contribution in [-0.4, -0.2) is 25.2 Å². The summed E-state index contributed by atoms with van der Waals surface area (Å²) < 4.78 is 5.36.